The molecule has 0 unspecified atom stereocenters. The van der Waals surface area contributed by atoms with Crippen LogP contribution in [0.1, 0.15) is 35.4 Å². The molecule has 0 atom stereocenters. The summed E-state index contributed by atoms with van der Waals surface area (Å²) in [4.78, 5) is 12.2. The van der Waals surface area contributed by atoms with Crippen molar-refractivity contribution < 1.29 is 17.6 Å². The number of carbonyl (C=O) groups excluding carboxylic acids is 1. The van der Waals surface area contributed by atoms with E-state index >= 15 is 0 Å². The smallest absolute Gasteiger partial charge is 0.287 e. The van der Waals surface area contributed by atoms with Crippen molar-refractivity contribution in [1.29, 1.82) is 0 Å². The van der Waals surface area contributed by atoms with Crippen LogP contribution in [0.5, 0.6) is 0 Å². The topological polar surface area (TPSA) is 79.6 Å². The molecule has 3 rings (SSSR count). The van der Waals surface area contributed by atoms with Crippen LogP contribution in [0.2, 0.25) is 0 Å². The molecule has 25 heavy (non-hydrogen) atoms. The maximum absolute atomic E-state index is 12.6. The SMILES string of the molecule is O=C(NCc1ccc(S(=O)(=O)N2CCCCC2)cc1)c1ccc(Br)o1. The first-order valence-electron chi connectivity index (χ1n) is 8.09. The second-order valence-electron chi connectivity index (χ2n) is 5.90. The van der Waals surface area contributed by atoms with Crippen LogP contribution in [-0.4, -0.2) is 31.7 Å². The predicted molar refractivity (Wildman–Crippen MR) is 96.6 cm³/mol. The zero-order valence-corrected chi connectivity index (χ0v) is 16.0. The van der Waals surface area contributed by atoms with Crippen LogP contribution in [0.25, 0.3) is 0 Å². The van der Waals surface area contributed by atoms with Crippen molar-refractivity contribution in [3.8, 4) is 0 Å². The summed E-state index contributed by atoms with van der Waals surface area (Å²) >= 11 is 3.15. The molecule has 1 aromatic carbocycles. The molecule has 2 heterocycles. The predicted octanol–water partition coefficient (Wildman–Crippen LogP) is 3.15. The van der Waals surface area contributed by atoms with Gasteiger partial charge in [-0.15, -0.1) is 0 Å². The summed E-state index contributed by atoms with van der Waals surface area (Å²) in [7, 11) is -3.42. The number of nitrogens with zero attached hydrogens (tertiary/aromatic N) is 1. The summed E-state index contributed by atoms with van der Waals surface area (Å²) in [6.07, 6.45) is 2.90. The van der Waals surface area contributed by atoms with Gasteiger partial charge in [-0.2, -0.15) is 4.31 Å². The molecule has 1 saturated heterocycles. The molecular formula is C17H19BrN2O4S. The maximum Gasteiger partial charge on any atom is 0.287 e. The number of furan rings is 1. The number of amides is 1. The van der Waals surface area contributed by atoms with Crippen LogP contribution in [0.4, 0.5) is 0 Å². The lowest BCUT2D eigenvalue weighted by Gasteiger charge is -2.25. The third-order valence-corrected chi connectivity index (χ3v) is 6.47. The third-order valence-electron chi connectivity index (χ3n) is 4.13. The highest BCUT2D eigenvalue weighted by molar-refractivity contribution is 9.10. The fraction of sp³-hybridized carbons (Fsp3) is 0.353. The Morgan fingerprint density at radius 3 is 2.36 bits per heavy atom. The van der Waals surface area contributed by atoms with Gasteiger partial charge in [0.15, 0.2) is 10.4 Å². The van der Waals surface area contributed by atoms with Crippen molar-refractivity contribution in [3.05, 3.63) is 52.4 Å². The number of hydrogen-bond acceptors (Lipinski definition) is 4. The van der Waals surface area contributed by atoms with Gasteiger partial charge in [0, 0.05) is 19.6 Å². The molecule has 1 fully saturated rings. The van der Waals surface area contributed by atoms with Crippen LogP contribution < -0.4 is 5.32 Å². The van der Waals surface area contributed by atoms with Gasteiger partial charge in [-0.1, -0.05) is 18.6 Å². The van der Waals surface area contributed by atoms with E-state index in [4.69, 9.17) is 4.42 Å². The monoisotopic (exact) mass is 426 g/mol. The summed E-state index contributed by atoms with van der Waals surface area (Å²) in [5, 5.41) is 2.74. The Balaban J connectivity index is 1.63. The van der Waals surface area contributed by atoms with Gasteiger partial charge in [0.1, 0.15) is 0 Å². The molecule has 8 heteroatoms. The molecule has 0 radical (unpaired) electrons. The first-order valence-corrected chi connectivity index (χ1v) is 10.3. The number of benzene rings is 1. The Morgan fingerprint density at radius 1 is 1.08 bits per heavy atom. The minimum Gasteiger partial charge on any atom is -0.444 e. The minimum absolute atomic E-state index is 0.219. The van der Waals surface area contributed by atoms with Crippen LogP contribution >= 0.6 is 15.9 Å². The lowest BCUT2D eigenvalue weighted by atomic mass is 10.2. The van der Waals surface area contributed by atoms with Gasteiger partial charge in [0.05, 0.1) is 4.90 Å². The Hall–Kier alpha value is -1.64. The molecule has 134 valence electrons. The van der Waals surface area contributed by atoms with E-state index in [2.05, 4.69) is 21.2 Å². The van der Waals surface area contributed by atoms with Gasteiger partial charge >= 0.3 is 0 Å². The molecule has 6 nitrogen and oxygen atoms in total. The Kier molecular flexibility index (Phi) is 5.61. The summed E-state index contributed by atoms with van der Waals surface area (Å²) in [5.74, 6) is -0.105. The standard InChI is InChI=1S/C17H19BrN2O4S/c18-16-9-8-15(24-16)17(21)19-12-13-4-6-14(7-5-13)25(22,23)20-10-2-1-3-11-20/h4-9H,1-3,10-12H2,(H,19,21). The number of carbonyl (C=O) groups is 1. The first-order chi connectivity index (χ1) is 12.0. The van der Waals surface area contributed by atoms with Crippen molar-refractivity contribution in [3.63, 3.8) is 0 Å². The fourth-order valence-electron chi connectivity index (χ4n) is 2.74. The Bertz CT molecular complexity index is 840. The molecule has 0 saturated carbocycles. The van der Waals surface area contributed by atoms with Crippen LogP contribution in [0.15, 0.2) is 50.4 Å². The largest absolute Gasteiger partial charge is 0.444 e. The van der Waals surface area contributed by atoms with E-state index in [-0.39, 0.29) is 11.7 Å². The Morgan fingerprint density at radius 2 is 1.76 bits per heavy atom. The lowest BCUT2D eigenvalue weighted by Crippen LogP contribution is -2.35. The van der Waals surface area contributed by atoms with E-state index in [0.717, 1.165) is 24.8 Å². The fourth-order valence-corrected chi connectivity index (χ4v) is 4.56. The maximum atomic E-state index is 12.6. The van der Waals surface area contributed by atoms with Gasteiger partial charge in [0.25, 0.3) is 5.91 Å². The number of piperidine rings is 1. The van der Waals surface area contributed by atoms with Crippen molar-refractivity contribution in [2.24, 2.45) is 0 Å². The van der Waals surface area contributed by atoms with E-state index in [9.17, 15) is 13.2 Å². The van der Waals surface area contributed by atoms with Crippen molar-refractivity contribution >= 4 is 31.9 Å². The molecular weight excluding hydrogens is 408 g/mol. The van der Waals surface area contributed by atoms with E-state index < -0.39 is 10.0 Å². The highest BCUT2D eigenvalue weighted by Gasteiger charge is 2.25. The molecule has 1 N–H and O–H groups in total. The highest BCUT2D eigenvalue weighted by Crippen LogP contribution is 2.21. The van der Waals surface area contributed by atoms with Crippen molar-refractivity contribution in [2.75, 3.05) is 13.1 Å². The summed E-state index contributed by atoms with van der Waals surface area (Å²) in [6, 6.07) is 9.84. The Labute approximate surface area is 155 Å². The number of sulfonamides is 1. The van der Waals surface area contributed by atoms with E-state index in [1.54, 1.807) is 40.7 Å². The van der Waals surface area contributed by atoms with Crippen molar-refractivity contribution in [1.82, 2.24) is 9.62 Å². The van der Waals surface area contributed by atoms with Gasteiger partial charge in [-0.3, -0.25) is 4.79 Å². The number of hydrogen-bond donors (Lipinski definition) is 1. The summed E-state index contributed by atoms with van der Waals surface area (Å²) in [6.45, 7) is 1.46. The number of halogens is 1. The molecule has 1 aromatic heterocycles. The average molecular weight is 427 g/mol. The number of nitrogens with one attached hydrogen (secondary N) is 1. The summed E-state index contributed by atoms with van der Waals surface area (Å²) in [5.41, 5.74) is 0.816. The lowest BCUT2D eigenvalue weighted by molar-refractivity contribution is 0.0922. The van der Waals surface area contributed by atoms with Gasteiger partial charge in [-0.05, 0) is 58.6 Å². The third kappa shape index (κ3) is 4.31. The van der Waals surface area contributed by atoms with Crippen LogP contribution in [-0.2, 0) is 16.6 Å². The van der Waals surface area contributed by atoms with Gasteiger partial charge in [0.2, 0.25) is 10.0 Å². The van der Waals surface area contributed by atoms with E-state index in [1.165, 1.54) is 0 Å². The van der Waals surface area contributed by atoms with Gasteiger partial charge in [-0.25, -0.2) is 8.42 Å². The quantitative estimate of drug-likeness (QED) is 0.795. The first kappa shape index (κ1) is 18.2. The molecule has 0 spiro atoms. The van der Waals surface area contributed by atoms with E-state index in [0.29, 0.717) is 29.2 Å². The zero-order chi connectivity index (χ0) is 17.9. The normalized spacial score (nSPS) is 15.9. The number of rotatable bonds is 5. The summed E-state index contributed by atoms with van der Waals surface area (Å²) < 4.78 is 32.4. The van der Waals surface area contributed by atoms with Gasteiger partial charge < -0.3 is 9.73 Å². The molecule has 1 amide bonds. The molecule has 2 aromatic rings. The highest BCUT2D eigenvalue weighted by atomic mass is 79.9. The van der Waals surface area contributed by atoms with E-state index in [1.807, 2.05) is 0 Å². The van der Waals surface area contributed by atoms with Crippen molar-refractivity contribution in [2.45, 2.75) is 30.7 Å². The molecule has 1 aliphatic heterocycles. The minimum atomic E-state index is -3.42. The van der Waals surface area contributed by atoms with Crippen LogP contribution in [0, 0.1) is 0 Å². The zero-order valence-electron chi connectivity index (χ0n) is 13.6. The second-order valence-corrected chi connectivity index (χ2v) is 8.61. The second kappa shape index (κ2) is 7.72. The molecule has 1 aliphatic rings. The average Bonchev–Trinajstić information content (AvgIpc) is 3.07. The molecule has 0 bridgehead atoms. The van der Waals surface area contributed by atoms with Crippen LogP contribution in [0.3, 0.4) is 0 Å². The molecule has 0 aliphatic carbocycles.